The van der Waals surface area contributed by atoms with E-state index in [1.165, 1.54) is 0 Å². The van der Waals surface area contributed by atoms with Crippen LogP contribution < -0.4 is 5.73 Å². The maximum atomic E-state index is 5.36. The van der Waals surface area contributed by atoms with Crippen LogP contribution in [0.15, 0.2) is 12.8 Å². The maximum Gasteiger partial charge on any atom is 0.0701 e. The molecule has 84 valence electrons. The predicted molar refractivity (Wildman–Crippen MR) is 58.1 cm³/mol. The molecule has 4 heteroatoms. The molecule has 0 aliphatic carbocycles. The zero-order chi connectivity index (χ0) is 10.6. The van der Waals surface area contributed by atoms with Crippen molar-refractivity contribution in [1.82, 2.24) is 4.90 Å². The molecule has 0 spiro atoms. The fourth-order valence-corrected chi connectivity index (χ4v) is 0.966. The van der Waals surface area contributed by atoms with Crippen molar-refractivity contribution in [2.75, 3.05) is 46.1 Å². The van der Waals surface area contributed by atoms with E-state index in [1.807, 2.05) is 6.20 Å². The SMILES string of the molecule is C=CN(CC)CCOCCOCCN. The smallest absolute Gasteiger partial charge is 0.0701 e. The van der Waals surface area contributed by atoms with E-state index in [4.69, 9.17) is 15.2 Å². The number of nitrogens with zero attached hydrogens (tertiary/aromatic N) is 1. The molecule has 0 rings (SSSR count). The Balaban J connectivity index is 3.08. The third kappa shape index (κ3) is 8.04. The van der Waals surface area contributed by atoms with Gasteiger partial charge in [-0.2, -0.15) is 0 Å². The summed E-state index contributed by atoms with van der Waals surface area (Å²) in [5.74, 6) is 0. The number of hydrogen-bond acceptors (Lipinski definition) is 4. The van der Waals surface area contributed by atoms with Crippen LogP contribution in [0.25, 0.3) is 0 Å². The molecule has 0 aromatic heterocycles. The summed E-state index contributed by atoms with van der Waals surface area (Å²) < 4.78 is 10.5. The zero-order valence-electron chi connectivity index (χ0n) is 9.08. The second kappa shape index (κ2) is 10.5. The normalized spacial score (nSPS) is 10.1. The van der Waals surface area contributed by atoms with Crippen molar-refractivity contribution in [1.29, 1.82) is 0 Å². The van der Waals surface area contributed by atoms with Crippen molar-refractivity contribution in [3.05, 3.63) is 12.8 Å². The van der Waals surface area contributed by atoms with Gasteiger partial charge in [0.25, 0.3) is 0 Å². The zero-order valence-corrected chi connectivity index (χ0v) is 9.08. The Morgan fingerprint density at radius 2 is 1.86 bits per heavy atom. The van der Waals surface area contributed by atoms with Gasteiger partial charge in [-0.3, -0.25) is 0 Å². The molecule has 0 bridgehead atoms. The molecule has 0 unspecified atom stereocenters. The molecule has 0 heterocycles. The predicted octanol–water partition coefficient (Wildman–Crippen LogP) is 0.444. The summed E-state index contributed by atoms with van der Waals surface area (Å²) in [7, 11) is 0. The third-order valence-corrected chi connectivity index (χ3v) is 1.82. The Bertz CT molecular complexity index is 131. The van der Waals surface area contributed by atoms with Crippen molar-refractivity contribution < 1.29 is 9.47 Å². The maximum absolute atomic E-state index is 5.36. The van der Waals surface area contributed by atoms with E-state index in [1.54, 1.807) is 0 Å². The van der Waals surface area contributed by atoms with Gasteiger partial charge in [0.1, 0.15) is 0 Å². The summed E-state index contributed by atoms with van der Waals surface area (Å²) in [6.45, 7) is 10.8. The Hall–Kier alpha value is -0.580. The lowest BCUT2D eigenvalue weighted by Crippen LogP contribution is -2.22. The summed E-state index contributed by atoms with van der Waals surface area (Å²) >= 11 is 0. The highest BCUT2D eigenvalue weighted by Crippen LogP contribution is 1.87. The van der Waals surface area contributed by atoms with Crippen molar-refractivity contribution >= 4 is 0 Å². The fourth-order valence-electron chi connectivity index (χ4n) is 0.966. The van der Waals surface area contributed by atoms with Gasteiger partial charge in [0.15, 0.2) is 0 Å². The minimum atomic E-state index is 0.570. The van der Waals surface area contributed by atoms with Gasteiger partial charge in [-0.15, -0.1) is 0 Å². The molecule has 0 aromatic carbocycles. The van der Waals surface area contributed by atoms with E-state index in [2.05, 4.69) is 18.4 Å². The molecule has 0 amide bonds. The number of likely N-dealkylation sites (N-methyl/N-ethyl adjacent to an activating group) is 1. The van der Waals surface area contributed by atoms with Gasteiger partial charge < -0.3 is 20.1 Å². The number of ether oxygens (including phenoxy) is 2. The van der Waals surface area contributed by atoms with Gasteiger partial charge in [0, 0.05) is 19.6 Å². The van der Waals surface area contributed by atoms with Crippen LogP contribution in [0.2, 0.25) is 0 Å². The molecule has 14 heavy (non-hydrogen) atoms. The van der Waals surface area contributed by atoms with Gasteiger partial charge in [0.05, 0.1) is 26.4 Å². The van der Waals surface area contributed by atoms with E-state index < -0.39 is 0 Å². The van der Waals surface area contributed by atoms with Crippen molar-refractivity contribution in [3.63, 3.8) is 0 Å². The van der Waals surface area contributed by atoms with E-state index >= 15 is 0 Å². The molecule has 0 fully saturated rings. The van der Waals surface area contributed by atoms with Gasteiger partial charge in [-0.05, 0) is 13.1 Å². The Morgan fingerprint density at radius 3 is 2.36 bits per heavy atom. The lowest BCUT2D eigenvalue weighted by Gasteiger charge is -2.17. The van der Waals surface area contributed by atoms with Gasteiger partial charge >= 0.3 is 0 Å². The molecule has 0 saturated carbocycles. The van der Waals surface area contributed by atoms with Crippen LogP contribution in [0.1, 0.15) is 6.92 Å². The first-order valence-corrected chi connectivity index (χ1v) is 5.07. The van der Waals surface area contributed by atoms with Crippen LogP contribution in [-0.2, 0) is 9.47 Å². The largest absolute Gasteiger partial charge is 0.378 e. The molecule has 0 aliphatic rings. The molecule has 2 N–H and O–H groups in total. The van der Waals surface area contributed by atoms with Gasteiger partial charge in [-0.25, -0.2) is 0 Å². The van der Waals surface area contributed by atoms with Crippen molar-refractivity contribution in [2.45, 2.75) is 6.92 Å². The van der Waals surface area contributed by atoms with Crippen LogP contribution >= 0.6 is 0 Å². The molecular weight excluding hydrogens is 180 g/mol. The first-order chi connectivity index (χ1) is 6.85. The van der Waals surface area contributed by atoms with Crippen LogP contribution in [0.4, 0.5) is 0 Å². The van der Waals surface area contributed by atoms with Crippen molar-refractivity contribution in [2.24, 2.45) is 5.73 Å². The minimum Gasteiger partial charge on any atom is -0.378 e. The average molecular weight is 202 g/mol. The highest BCUT2D eigenvalue weighted by Gasteiger charge is 1.94. The first-order valence-electron chi connectivity index (χ1n) is 5.07. The summed E-state index contributed by atoms with van der Waals surface area (Å²) in [5.41, 5.74) is 5.26. The minimum absolute atomic E-state index is 0.570. The average Bonchev–Trinajstić information content (AvgIpc) is 2.22. The second-order valence-corrected chi connectivity index (χ2v) is 2.82. The molecular formula is C10H22N2O2. The monoisotopic (exact) mass is 202 g/mol. The van der Waals surface area contributed by atoms with Crippen LogP contribution in [-0.4, -0.2) is 51.0 Å². The Kier molecular flexibility index (Phi) is 10.1. The van der Waals surface area contributed by atoms with Gasteiger partial charge in [0.2, 0.25) is 0 Å². The Labute approximate surface area is 86.7 Å². The van der Waals surface area contributed by atoms with Crippen LogP contribution in [0.3, 0.4) is 0 Å². The number of hydrogen-bond donors (Lipinski definition) is 1. The number of nitrogens with two attached hydrogens (primary N) is 1. The summed E-state index contributed by atoms with van der Waals surface area (Å²) in [6.07, 6.45) is 1.83. The first kappa shape index (κ1) is 13.4. The van der Waals surface area contributed by atoms with E-state index in [9.17, 15) is 0 Å². The topological polar surface area (TPSA) is 47.7 Å². The lowest BCUT2D eigenvalue weighted by atomic mass is 10.5. The molecule has 0 aromatic rings. The standard InChI is InChI=1S/C10H22N2O2/c1-3-12(4-2)6-8-14-10-9-13-7-5-11/h3H,1,4-11H2,2H3. The molecule has 0 aliphatic heterocycles. The Morgan fingerprint density at radius 1 is 1.21 bits per heavy atom. The molecule has 4 nitrogen and oxygen atoms in total. The third-order valence-electron chi connectivity index (χ3n) is 1.82. The van der Waals surface area contributed by atoms with Crippen molar-refractivity contribution in [3.8, 4) is 0 Å². The van der Waals surface area contributed by atoms with E-state index in [0.717, 1.165) is 13.1 Å². The fraction of sp³-hybridized carbons (Fsp3) is 0.800. The lowest BCUT2D eigenvalue weighted by molar-refractivity contribution is 0.0455. The second-order valence-electron chi connectivity index (χ2n) is 2.82. The molecule has 0 radical (unpaired) electrons. The highest BCUT2D eigenvalue weighted by molar-refractivity contribution is 4.68. The molecule has 0 saturated heterocycles. The quantitative estimate of drug-likeness (QED) is 0.522. The van der Waals surface area contributed by atoms with Gasteiger partial charge in [-0.1, -0.05) is 6.58 Å². The molecule has 0 atom stereocenters. The summed E-state index contributed by atoms with van der Waals surface area (Å²) in [4.78, 5) is 2.10. The van der Waals surface area contributed by atoms with E-state index in [0.29, 0.717) is 33.0 Å². The summed E-state index contributed by atoms with van der Waals surface area (Å²) in [6, 6.07) is 0. The van der Waals surface area contributed by atoms with Crippen LogP contribution in [0, 0.1) is 0 Å². The highest BCUT2D eigenvalue weighted by atomic mass is 16.5. The summed E-state index contributed by atoms with van der Waals surface area (Å²) in [5, 5.41) is 0. The van der Waals surface area contributed by atoms with E-state index in [-0.39, 0.29) is 0 Å². The van der Waals surface area contributed by atoms with Crippen LogP contribution in [0.5, 0.6) is 0 Å². The number of rotatable bonds is 10.